The average Bonchev–Trinajstić information content (AvgIpc) is 2.57. The molecule has 1 radical (unpaired) electrons. The maximum absolute atomic E-state index is 11.8. The predicted molar refractivity (Wildman–Crippen MR) is 108 cm³/mol. The fourth-order valence-corrected chi connectivity index (χ4v) is 4.86. The summed E-state index contributed by atoms with van der Waals surface area (Å²) in [6, 6.07) is 0. The molecule has 0 saturated carbocycles. The smallest absolute Gasteiger partial charge is 0.387 e. The molecule has 0 aromatic carbocycles. The molecule has 0 amide bonds. The highest BCUT2D eigenvalue weighted by atomic mass is 32.2. The third-order valence-corrected chi connectivity index (χ3v) is 7.01. The van der Waals surface area contributed by atoms with Gasteiger partial charge in [-0.2, -0.15) is 0 Å². The molecule has 0 aromatic rings. The molecule has 0 bridgehead atoms. The molecule has 0 aliphatic carbocycles. The molecule has 143 valence electrons. The first-order valence-electron chi connectivity index (χ1n) is 9.93. The van der Waals surface area contributed by atoms with E-state index in [1.807, 2.05) is 0 Å². The van der Waals surface area contributed by atoms with E-state index in [9.17, 15) is 4.79 Å². The van der Waals surface area contributed by atoms with Crippen LogP contribution in [0.2, 0.25) is 5.54 Å². The van der Waals surface area contributed by atoms with E-state index >= 15 is 0 Å². The minimum Gasteiger partial charge on any atom is -0.393 e. The number of unbranched alkanes of at least 4 members (excludes halogenated alkanes) is 4. The van der Waals surface area contributed by atoms with Crippen LogP contribution in [0.4, 0.5) is 0 Å². The molecular formula is C19H39O3SSi. The van der Waals surface area contributed by atoms with Crippen molar-refractivity contribution in [2.24, 2.45) is 0 Å². The van der Waals surface area contributed by atoms with E-state index in [2.05, 4.69) is 27.7 Å². The third kappa shape index (κ3) is 14.5. The maximum atomic E-state index is 11.8. The molecule has 0 aliphatic rings. The lowest BCUT2D eigenvalue weighted by molar-refractivity contribution is -0.111. The number of hydrogen-bond donors (Lipinski definition) is 0. The van der Waals surface area contributed by atoms with Gasteiger partial charge in [-0.1, -0.05) is 65.1 Å². The van der Waals surface area contributed by atoms with Crippen LogP contribution in [0, 0.1) is 0 Å². The average molecular weight is 376 g/mol. The Labute approximate surface area is 156 Å². The minimum atomic E-state index is -1.18. The van der Waals surface area contributed by atoms with Crippen LogP contribution >= 0.6 is 11.8 Å². The first-order valence-corrected chi connectivity index (χ1v) is 12.3. The van der Waals surface area contributed by atoms with Gasteiger partial charge in [0, 0.05) is 30.9 Å². The van der Waals surface area contributed by atoms with Gasteiger partial charge >= 0.3 is 9.28 Å². The number of thioether (sulfide) groups is 1. The third-order valence-electron chi connectivity index (χ3n) is 3.92. The predicted octanol–water partition coefficient (Wildman–Crippen LogP) is 6.12. The summed E-state index contributed by atoms with van der Waals surface area (Å²) >= 11 is 1.51. The molecule has 0 N–H and O–H groups in total. The SMILES string of the molecule is CCCCCC(=O)SCCCC(C)[Si](OCCCC)OCCCC. The van der Waals surface area contributed by atoms with Crippen LogP contribution in [0.1, 0.15) is 91.9 Å². The van der Waals surface area contributed by atoms with E-state index < -0.39 is 9.28 Å². The molecule has 0 heterocycles. The molecule has 3 nitrogen and oxygen atoms in total. The molecule has 5 heteroatoms. The van der Waals surface area contributed by atoms with E-state index in [1.54, 1.807) is 0 Å². The van der Waals surface area contributed by atoms with Gasteiger partial charge < -0.3 is 8.85 Å². The molecule has 0 rings (SSSR count). The summed E-state index contributed by atoms with van der Waals surface area (Å²) in [5, 5.41) is 0.361. The van der Waals surface area contributed by atoms with Crippen molar-refractivity contribution < 1.29 is 13.6 Å². The Morgan fingerprint density at radius 3 is 2.04 bits per heavy atom. The molecule has 0 aliphatic heterocycles. The fraction of sp³-hybridized carbons (Fsp3) is 0.947. The van der Waals surface area contributed by atoms with Gasteiger partial charge in [-0.05, 0) is 32.1 Å². The quantitative estimate of drug-likeness (QED) is 0.227. The fourth-order valence-electron chi connectivity index (χ4n) is 2.25. The largest absolute Gasteiger partial charge is 0.393 e. The Bertz CT molecular complexity index is 280. The van der Waals surface area contributed by atoms with E-state index in [-0.39, 0.29) is 0 Å². The lowest BCUT2D eigenvalue weighted by Gasteiger charge is -2.21. The van der Waals surface area contributed by atoms with Crippen molar-refractivity contribution in [3.8, 4) is 0 Å². The Balaban J connectivity index is 3.92. The molecule has 0 saturated heterocycles. The van der Waals surface area contributed by atoms with Gasteiger partial charge in [0.05, 0.1) is 0 Å². The summed E-state index contributed by atoms with van der Waals surface area (Å²) in [6.45, 7) is 10.4. The van der Waals surface area contributed by atoms with Crippen LogP contribution in [-0.2, 0) is 13.6 Å². The minimum absolute atomic E-state index is 0.361. The van der Waals surface area contributed by atoms with E-state index in [0.29, 0.717) is 10.7 Å². The lowest BCUT2D eigenvalue weighted by Crippen LogP contribution is -2.29. The second-order valence-electron chi connectivity index (χ2n) is 6.44. The number of carbonyl (C=O) groups excluding carboxylic acids is 1. The topological polar surface area (TPSA) is 35.5 Å². The second-order valence-corrected chi connectivity index (χ2v) is 9.80. The summed E-state index contributed by atoms with van der Waals surface area (Å²) in [4.78, 5) is 11.8. The Hall–Kier alpha value is 0.157. The van der Waals surface area contributed by atoms with Crippen LogP contribution in [0.3, 0.4) is 0 Å². The molecule has 0 aromatic heterocycles. The van der Waals surface area contributed by atoms with Gasteiger partial charge in [0.2, 0.25) is 0 Å². The van der Waals surface area contributed by atoms with Crippen LogP contribution in [-0.4, -0.2) is 33.4 Å². The van der Waals surface area contributed by atoms with Gasteiger partial charge in [-0.15, -0.1) is 0 Å². The number of hydrogen-bond acceptors (Lipinski definition) is 4. The first-order chi connectivity index (χ1) is 11.7. The monoisotopic (exact) mass is 375 g/mol. The number of carbonyl (C=O) groups is 1. The Kier molecular flexibility index (Phi) is 18.1. The van der Waals surface area contributed by atoms with Crippen molar-refractivity contribution in [3.63, 3.8) is 0 Å². The zero-order valence-electron chi connectivity index (χ0n) is 16.4. The van der Waals surface area contributed by atoms with Gasteiger partial charge in [0.15, 0.2) is 5.12 Å². The van der Waals surface area contributed by atoms with Crippen LogP contribution in [0.5, 0.6) is 0 Å². The highest BCUT2D eigenvalue weighted by Gasteiger charge is 2.24. The molecule has 1 atom stereocenters. The van der Waals surface area contributed by atoms with Crippen molar-refractivity contribution in [2.45, 2.75) is 97.4 Å². The Morgan fingerprint density at radius 1 is 0.917 bits per heavy atom. The Morgan fingerprint density at radius 2 is 1.50 bits per heavy atom. The van der Waals surface area contributed by atoms with Crippen LogP contribution in [0.15, 0.2) is 0 Å². The van der Waals surface area contributed by atoms with Crippen LogP contribution in [0.25, 0.3) is 0 Å². The summed E-state index contributed by atoms with van der Waals surface area (Å²) < 4.78 is 12.1. The first kappa shape index (κ1) is 24.2. The van der Waals surface area contributed by atoms with Crippen molar-refractivity contribution >= 4 is 26.2 Å². The van der Waals surface area contributed by atoms with Gasteiger partial charge in [0.1, 0.15) is 0 Å². The molecule has 0 fully saturated rings. The van der Waals surface area contributed by atoms with Crippen LogP contribution < -0.4 is 0 Å². The molecular weight excluding hydrogens is 336 g/mol. The van der Waals surface area contributed by atoms with Crippen molar-refractivity contribution in [1.29, 1.82) is 0 Å². The summed E-state index contributed by atoms with van der Waals surface area (Å²) in [5.41, 5.74) is 0.486. The van der Waals surface area contributed by atoms with Crippen molar-refractivity contribution in [2.75, 3.05) is 19.0 Å². The molecule has 0 spiro atoms. The van der Waals surface area contributed by atoms with Gasteiger partial charge in [-0.3, -0.25) is 4.79 Å². The summed E-state index contributed by atoms with van der Waals surface area (Å²) in [6.07, 6.45) is 10.8. The van der Waals surface area contributed by atoms with Crippen molar-refractivity contribution in [1.82, 2.24) is 0 Å². The second kappa shape index (κ2) is 18.0. The zero-order valence-corrected chi connectivity index (χ0v) is 18.2. The lowest BCUT2D eigenvalue weighted by atomic mass is 10.2. The summed E-state index contributed by atoms with van der Waals surface area (Å²) in [5.74, 6) is 0.939. The van der Waals surface area contributed by atoms with Gasteiger partial charge in [-0.25, -0.2) is 0 Å². The van der Waals surface area contributed by atoms with Crippen molar-refractivity contribution in [3.05, 3.63) is 0 Å². The standard InChI is InChI=1S/C19H39O3SSi/c1-5-8-11-14-19(20)23-17-12-13-18(4)24(21-15-9-6-2)22-16-10-7-3/h18H,5-17H2,1-4H3. The number of rotatable bonds is 17. The van der Waals surface area contributed by atoms with E-state index in [4.69, 9.17) is 8.85 Å². The molecule has 1 unspecified atom stereocenters. The maximum Gasteiger partial charge on any atom is 0.387 e. The highest BCUT2D eigenvalue weighted by molar-refractivity contribution is 8.13. The zero-order chi connectivity index (χ0) is 18.0. The summed E-state index contributed by atoms with van der Waals surface area (Å²) in [7, 11) is -1.18. The highest BCUT2D eigenvalue weighted by Crippen LogP contribution is 2.21. The van der Waals surface area contributed by atoms with Gasteiger partial charge in [0.25, 0.3) is 0 Å². The van der Waals surface area contributed by atoms with E-state index in [0.717, 1.165) is 70.3 Å². The van der Waals surface area contributed by atoms with E-state index in [1.165, 1.54) is 24.6 Å². The molecule has 24 heavy (non-hydrogen) atoms. The normalized spacial score (nSPS) is 12.7.